The first-order valence-electron chi connectivity index (χ1n) is 8.02. The molecule has 1 aromatic carbocycles. The van der Waals surface area contributed by atoms with Crippen molar-refractivity contribution in [3.05, 3.63) is 40.1 Å². The number of anilines is 1. The first-order chi connectivity index (χ1) is 11.8. The minimum Gasteiger partial charge on any atom is -0.491 e. The Labute approximate surface area is 146 Å². The zero-order valence-electron chi connectivity index (χ0n) is 12.7. The van der Waals surface area contributed by atoms with Crippen LogP contribution in [0.25, 0.3) is 9.40 Å². The van der Waals surface area contributed by atoms with Crippen molar-refractivity contribution in [2.75, 3.05) is 24.7 Å². The van der Waals surface area contributed by atoms with Crippen LogP contribution < -0.4 is 14.4 Å². The van der Waals surface area contributed by atoms with E-state index in [-0.39, 0.29) is 5.91 Å². The van der Waals surface area contributed by atoms with Crippen LogP contribution in [0.3, 0.4) is 0 Å². The minimum absolute atomic E-state index is 0.142. The molecular formula is C18H13NO3S2. The molecule has 5 heterocycles. The lowest BCUT2D eigenvalue weighted by atomic mass is 9.82. The van der Waals surface area contributed by atoms with E-state index in [2.05, 4.69) is 17.5 Å². The SMILES string of the molecule is O=C1N2CCCOc3cccc(c32)C12COc1c2sc2ccsc12. The van der Waals surface area contributed by atoms with Crippen LogP contribution in [0.15, 0.2) is 29.6 Å². The molecule has 3 aliphatic heterocycles. The zero-order chi connectivity index (χ0) is 15.9. The topological polar surface area (TPSA) is 38.8 Å². The normalized spacial score (nSPS) is 24.0. The van der Waals surface area contributed by atoms with E-state index in [0.717, 1.165) is 34.0 Å². The second-order valence-electron chi connectivity index (χ2n) is 6.38. The van der Waals surface area contributed by atoms with Gasteiger partial charge in [-0.05, 0) is 23.9 Å². The molecule has 0 bridgehead atoms. The maximum Gasteiger partial charge on any atom is 0.246 e. The van der Waals surface area contributed by atoms with Gasteiger partial charge in [-0.15, -0.1) is 22.7 Å². The second-order valence-corrected chi connectivity index (χ2v) is 8.35. The van der Waals surface area contributed by atoms with Gasteiger partial charge in [-0.2, -0.15) is 0 Å². The third-order valence-corrected chi connectivity index (χ3v) is 7.54. The lowest BCUT2D eigenvalue weighted by Crippen LogP contribution is -2.42. The van der Waals surface area contributed by atoms with Crippen molar-refractivity contribution in [3.63, 3.8) is 0 Å². The largest absolute Gasteiger partial charge is 0.491 e. The number of hydrogen-bond donors (Lipinski definition) is 0. The fourth-order valence-corrected chi connectivity index (χ4v) is 6.58. The van der Waals surface area contributed by atoms with Crippen molar-refractivity contribution in [2.45, 2.75) is 11.8 Å². The van der Waals surface area contributed by atoms with Crippen LogP contribution in [0.2, 0.25) is 0 Å². The number of para-hydroxylation sites is 1. The van der Waals surface area contributed by atoms with Gasteiger partial charge in [-0.25, -0.2) is 0 Å². The van der Waals surface area contributed by atoms with E-state index in [1.165, 1.54) is 9.40 Å². The summed E-state index contributed by atoms with van der Waals surface area (Å²) in [7, 11) is 0. The van der Waals surface area contributed by atoms with Gasteiger partial charge in [-0.1, -0.05) is 12.1 Å². The molecular weight excluding hydrogens is 342 g/mol. The number of nitrogens with zero attached hydrogens (tertiary/aromatic N) is 1. The standard InChI is InChI=1S/C18H13NO3S2/c20-17-18(9-22-14-15-12(5-8-23-15)24-16(14)18)10-3-1-4-11-13(10)19(17)6-2-7-21-11/h1,3-5,8H,2,6-7,9H2. The van der Waals surface area contributed by atoms with E-state index < -0.39 is 5.41 Å². The molecule has 3 aliphatic rings. The van der Waals surface area contributed by atoms with Crippen LogP contribution in [0.5, 0.6) is 11.5 Å². The predicted octanol–water partition coefficient (Wildman–Crippen LogP) is 3.77. The summed E-state index contributed by atoms with van der Waals surface area (Å²) in [6, 6.07) is 8.14. The molecule has 0 saturated heterocycles. The Kier molecular flexibility index (Phi) is 2.39. The molecule has 0 radical (unpaired) electrons. The third-order valence-electron chi connectivity index (χ3n) is 5.20. The van der Waals surface area contributed by atoms with Gasteiger partial charge in [0.15, 0.2) is 5.75 Å². The highest BCUT2D eigenvalue weighted by molar-refractivity contribution is 7.27. The number of carbonyl (C=O) groups excluding carboxylic acids is 1. The van der Waals surface area contributed by atoms with E-state index in [0.29, 0.717) is 19.8 Å². The van der Waals surface area contributed by atoms with Gasteiger partial charge in [0.25, 0.3) is 0 Å². The Morgan fingerprint density at radius 1 is 1.21 bits per heavy atom. The highest BCUT2D eigenvalue weighted by atomic mass is 32.1. The number of carbonyl (C=O) groups is 1. The molecule has 1 unspecified atom stereocenters. The van der Waals surface area contributed by atoms with Gasteiger partial charge in [-0.3, -0.25) is 4.79 Å². The minimum atomic E-state index is -0.690. The highest BCUT2D eigenvalue weighted by Crippen LogP contribution is 2.59. The summed E-state index contributed by atoms with van der Waals surface area (Å²) in [5.41, 5.74) is 1.30. The Balaban J connectivity index is 1.68. The van der Waals surface area contributed by atoms with Gasteiger partial charge in [0, 0.05) is 16.8 Å². The number of thiophene rings is 2. The lowest BCUT2D eigenvalue weighted by Gasteiger charge is -2.21. The summed E-state index contributed by atoms with van der Waals surface area (Å²) >= 11 is 3.38. The molecule has 120 valence electrons. The van der Waals surface area contributed by atoms with Gasteiger partial charge in [0.05, 0.1) is 21.9 Å². The molecule has 1 atom stereocenters. The van der Waals surface area contributed by atoms with Crippen LogP contribution in [0.4, 0.5) is 5.69 Å². The quantitative estimate of drug-likeness (QED) is 0.616. The van der Waals surface area contributed by atoms with Crippen LogP contribution in [-0.4, -0.2) is 25.7 Å². The molecule has 2 aromatic heterocycles. The lowest BCUT2D eigenvalue weighted by molar-refractivity contribution is -0.122. The maximum absolute atomic E-state index is 13.5. The summed E-state index contributed by atoms with van der Waals surface area (Å²) in [4.78, 5) is 16.5. The number of hydrogen-bond acceptors (Lipinski definition) is 5. The van der Waals surface area contributed by atoms with E-state index in [4.69, 9.17) is 9.47 Å². The van der Waals surface area contributed by atoms with Gasteiger partial charge in [0.1, 0.15) is 17.8 Å². The summed E-state index contributed by atoms with van der Waals surface area (Å²) in [6.07, 6.45) is 0.850. The molecule has 0 saturated carbocycles. The molecule has 6 rings (SSSR count). The molecule has 24 heavy (non-hydrogen) atoms. The molecule has 1 spiro atoms. The summed E-state index contributed by atoms with van der Waals surface area (Å²) in [5, 5.41) is 2.08. The Morgan fingerprint density at radius 2 is 2.17 bits per heavy atom. The van der Waals surface area contributed by atoms with Crippen molar-refractivity contribution >= 4 is 43.7 Å². The third kappa shape index (κ3) is 1.35. The first kappa shape index (κ1) is 13.3. The highest BCUT2D eigenvalue weighted by Gasteiger charge is 2.59. The van der Waals surface area contributed by atoms with E-state index in [1.807, 2.05) is 17.0 Å². The van der Waals surface area contributed by atoms with Crippen LogP contribution >= 0.6 is 22.7 Å². The van der Waals surface area contributed by atoms with E-state index in [9.17, 15) is 4.79 Å². The summed E-state index contributed by atoms with van der Waals surface area (Å²) in [6.45, 7) is 1.76. The molecule has 6 heteroatoms. The van der Waals surface area contributed by atoms with Crippen LogP contribution in [0.1, 0.15) is 16.9 Å². The number of benzene rings is 1. The molecule has 4 nitrogen and oxygen atoms in total. The predicted molar refractivity (Wildman–Crippen MR) is 94.9 cm³/mol. The van der Waals surface area contributed by atoms with Crippen molar-refractivity contribution in [3.8, 4) is 11.5 Å². The number of rotatable bonds is 0. The van der Waals surface area contributed by atoms with Crippen molar-refractivity contribution in [2.24, 2.45) is 0 Å². The number of fused-ring (bicyclic) bond motifs is 5. The molecule has 0 fully saturated rings. The Morgan fingerprint density at radius 3 is 3.12 bits per heavy atom. The van der Waals surface area contributed by atoms with Crippen LogP contribution in [-0.2, 0) is 10.2 Å². The Hall–Kier alpha value is -2.05. The summed E-state index contributed by atoms with van der Waals surface area (Å²) < 4.78 is 14.4. The average molecular weight is 355 g/mol. The van der Waals surface area contributed by atoms with Crippen LogP contribution in [0, 0.1) is 0 Å². The van der Waals surface area contributed by atoms with Gasteiger partial charge >= 0.3 is 0 Å². The first-order valence-corrected chi connectivity index (χ1v) is 9.72. The monoisotopic (exact) mass is 355 g/mol. The maximum atomic E-state index is 13.5. The second kappa shape index (κ2) is 4.32. The summed E-state index contributed by atoms with van der Waals surface area (Å²) in [5.74, 6) is 1.87. The zero-order valence-corrected chi connectivity index (χ0v) is 14.3. The van der Waals surface area contributed by atoms with Gasteiger partial charge in [0.2, 0.25) is 5.91 Å². The van der Waals surface area contributed by atoms with E-state index in [1.54, 1.807) is 22.7 Å². The molecule has 0 aliphatic carbocycles. The number of amides is 1. The van der Waals surface area contributed by atoms with E-state index >= 15 is 0 Å². The number of ether oxygens (including phenoxy) is 2. The van der Waals surface area contributed by atoms with Crippen molar-refractivity contribution in [1.29, 1.82) is 0 Å². The molecule has 3 aromatic rings. The van der Waals surface area contributed by atoms with Gasteiger partial charge < -0.3 is 14.4 Å². The fraction of sp³-hybridized carbons (Fsp3) is 0.278. The average Bonchev–Trinajstić information content (AvgIpc) is 3.26. The van der Waals surface area contributed by atoms with Crippen molar-refractivity contribution < 1.29 is 14.3 Å². The Bertz CT molecular complexity index is 1020. The fourth-order valence-electron chi connectivity index (χ4n) is 4.15. The molecule has 1 amide bonds. The van der Waals surface area contributed by atoms with Crippen molar-refractivity contribution in [1.82, 2.24) is 0 Å². The molecule has 0 N–H and O–H groups in total. The smallest absolute Gasteiger partial charge is 0.246 e.